The van der Waals surface area contributed by atoms with Crippen LogP contribution in [-0.2, 0) is 9.53 Å². The summed E-state index contributed by atoms with van der Waals surface area (Å²) < 4.78 is 4.80. The number of carbonyl (C=O) groups excluding carboxylic acids is 1. The Kier molecular flexibility index (Phi) is 6.22. The Morgan fingerprint density at radius 1 is 1.53 bits per heavy atom. The van der Waals surface area contributed by atoms with E-state index in [4.69, 9.17) is 4.74 Å². The smallest absolute Gasteiger partial charge is 0.330 e. The molecule has 0 aromatic carbocycles. The van der Waals surface area contributed by atoms with Crippen molar-refractivity contribution in [3.8, 4) is 0 Å². The van der Waals surface area contributed by atoms with E-state index in [2.05, 4.69) is 4.90 Å². The van der Waals surface area contributed by atoms with Gasteiger partial charge < -0.3 is 9.84 Å². The van der Waals surface area contributed by atoms with E-state index in [9.17, 15) is 9.90 Å². The summed E-state index contributed by atoms with van der Waals surface area (Å²) >= 11 is 0. The molecule has 0 aliphatic carbocycles. The highest BCUT2D eigenvalue weighted by Crippen LogP contribution is 2.20. The van der Waals surface area contributed by atoms with Crippen molar-refractivity contribution in [2.75, 3.05) is 26.2 Å². The van der Waals surface area contributed by atoms with Crippen molar-refractivity contribution in [1.82, 2.24) is 4.90 Å². The second-order valence-corrected chi connectivity index (χ2v) is 4.53. The zero-order valence-electron chi connectivity index (χ0n) is 10.8. The van der Waals surface area contributed by atoms with Gasteiger partial charge in [-0.15, -0.1) is 0 Å². The molecule has 1 atom stereocenters. The van der Waals surface area contributed by atoms with Gasteiger partial charge in [-0.25, -0.2) is 4.79 Å². The van der Waals surface area contributed by atoms with Gasteiger partial charge in [0.1, 0.15) is 0 Å². The lowest BCUT2D eigenvalue weighted by atomic mass is 9.92. The van der Waals surface area contributed by atoms with Crippen molar-refractivity contribution in [2.45, 2.75) is 32.8 Å². The van der Waals surface area contributed by atoms with Crippen molar-refractivity contribution < 1.29 is 14.6 Å². The number of rotatable bonds is 5. The highest BCUT2D eigenvalue weighted by atomic mass is 16.5. The molecule has 1 heterocycles. The van der Waals surface area contributed by atoms with Crippen molar-refractivity contribution >= 4 is 5.97 Å². The van der Waals surface area contributed by atoms with Gasteiger partial charge in [0.25, 0.3) is 0 Å². The van der Waals surface area contributed by atoms with Gasteiger partial charge in [0.2, 0.25) is 0 Å². The van der Waals surface area contributed by atoms with E-state index in [-0.39, 0.29) is 12.1 Å². The number of nitrogens with zero attached hydrogens (tertiary/aromatic N) is 1. The maximum Gasteiger partial charge on any atom is 0.330 e. The van der Waals surface area contributed by atoms with E-state index in [0.29, 0.717) is 12.5 Å². The van der Waals surface area contributed by atoms with Crippen molar-refractivity contribution in [2.24, 2.45) is 5.92 Å². The molecule has 0 spiro atoms. The van der Waals surface area contributed by atoms with E-state index in [0.717, 1.165) is 32.5 Å². The first-order chi connectivity index (χ1) is 8.13. The number of piperidine rings is 1. The van der Waals surface area contributed by atoms with E-state index in [1.807, 2.05) is 13.0 Å². The number of ether oxygens (including phenoxy) is 1. The molecule has 1 fully saturated rings. The lowest BCUT2D eigenvalue weighted by molar-refractivity contribution is -0.137. The number of hydrogen-bond acceptors (Lipinski definition) is 4. The number of aliphatic hydroxyl groups excluding tert-OH is 1. The minimum atomic E-state index is -0.272. The lowest BCUT2D eigenvalue weighted by Crippen LogP contribution is -2.37. The second kappa shape index (κ2) is 7.45. The van der Waals surface area contributed by atoms with Crippen molar-refractivity contribution in [3.63, 3.8) is 0 Å². The first kappa shape index (κ1) is 14.2. The van der Waals surface area contributed by atoms with Crippen LogP contribution in [0.4, 0.5) is 0 Å². The van der Waals surface area contributed by atoms with Gasteiger partial charge in [0.15, 0.2) is 0 Å². The molecule has 0 aromatic rings. The van der Waals surface area contributed by atoms with Gasteiger partial charge in [-0.1, -0.05) is 6.08 Å². The van der Waals surface area contributed by atoms with E-state index in [1.165, 1.54) is 6.08 Å². The van der Waals surface area contributed by atoms with Crippen LogP contribution < -0.4 is 0 Å². The van der Waals surface area contributed by atoms with Crippen LogP contribution in [-0.4, -0.2) is 48.3 Å². The summed E-state index contributed by atoms with van der Waals surface area (Å²) in [7, 11) is 0. The molecule has 0 aromatic heterocycles. The Morgan fingerprint density at radius 3 is 2.71 bits per heavy atom. The fourth-order valence-corrected chi connectivity index (χ4v) is 2.11. The topological polar surface area (TPSA) is 49.8 Å². The highest BCUT2D eigenvalue weighted by Gasteiger charge is 2.21. The molecule has 1 rings (SSSR count). The molecule has 1 unspecified atom stereocenters. The zero-order valence-corrected chi connectivity index (χ0v) is 10.8. The summed E-state index contributed by atoms with van der Waals surface area (Å²) in [5, 5.41) is 9.48. The third-order valence-corrected chi connectivity index (χ3v) is 3.22. The van der Waals surface area contributed by atoms with Crippen LogP contribution in [0.1, 0.15) is 26.7 Å². The SMILES string of the molecule is CCOC(=O)/C=C/CN1CCC(C(C)O)CC1. The number of aliphatic hydroxyl groups is 1. The fraction of sp³-hybridized carbons (Fsp3) is 0.769. The Hall–Kier alpha value is -0.870. The molecule has 4 heteroatoms. The predicted octanol–water partition coefficient (Wildman–Crippen LogP) is 1.20. The minimum absolute atomic E-state index is 0.202. The van der Waals surface area contributed by atoms with E-state index in [1.54, 1.807) is 6.92 Å². The fourth-order valence-electron chi connectivity index (χ4n) is 2.11. The Labute approximate surface area is 103 Å². The molecule has 1 saturated heterocycles. The molecule has 98 valence electrons. The molecule has 17 heavy (non-hydrogen) atoms. The van der Waals surface area contributed by atoms with Gasteiger partial charge in [0, 0.05) is 12.6 Å². The first-order valence-corrected chi connectivity index (χ1v) is 6.37. The largest absolute Gasteiger partial charge is 0.463 e. The molecular formula is C13H23NO3. The van der Waals surface area contributed by atoms with Gasteiger partial charge >= 0.3 is 5.97 Å². The summed E-state index contributed by atoms with van der Waals surface area (Å²) in [5.41, 5.74) is 0. The molecular weight excluding hydrogens is 218 g/mol. The molecule has 1 aliphatic rings. The van der Waals surface area contributed by atoms with Crippen molar-refractivity contribution in [3.05, 3.63) is 12.2 Å². The van der Waals surface area contributed by atoms with Crippen LogP contribution >= 0.6 is 0 Å². The third-order valence-electron chi connectivity index (χ3n) is 3.22. The first-order valence-electron chi connectivity index (χ1n) is 6.37. The zero-order chi connectivity index (χ0) is 12.7. The predicted molar refractivity (Wildman–Crippen MR) is 66.6 cm³/mol. The molecule has 4 nitrogen and oxygen atoms in total. The molecule has 0 radical (unpaired) electrons. The van der Waals surface area contributed by atoms with Gasteiger partial charge in [0.05, 0.1) is 12.7 Å². The van der Waals surface area contributed by atoms with Gasteiger partial charge in [-0.05, 0) is 45.7 Å². The summed E-state index contributed by atoms with van der Waals surface area (Å²) in [6, 6.07) is 0. The molecule has 0 saturated carbocycles. The maximum absolute atomic E-state index is 11.1. The average molecular weight is 241 g/mol. The monoisotopic (exact) mass is 241 g/mol. The molecule has 0 amide bonds. The second-order valence-electron chi connectivity index (χ2n) is 4.53. The molecule has 0 bridgehead atoms. The quantitative estimate of drug-likeness (QED) is 0.580. The standard InChI is InChI=1S/C13H23NO3/c1-3-17-13(16)5-4-8-14-9-6-12(7-10-14)11(2)15/h4-5,11-12,15H,3,6-10H2,1-2H3/b5-4+. The summed E-state index contributed by atoms with van der Waals surface area (Å²) in [6.45, 7) is 6.84. The number of likely N-dealkylation sites (tertiary alicyclic amines) is 1. The normalized spacial score (nSPS) is 20.6. The van der Waals surface area contributed by atoms with Gasteiger partial charge in [-0.3, -0.25) is 4.90 Å². The minimum Gasteiger partial charge on any atom is -0.463 e. The average Bonchev–Trinajstić information content (AvgIpc) is 2.30. The highest BCUT2D eigenvalue weighted by molar-refractivity contribution is 5.81. The lowest BCUT2D eigenvalue weighted by Gasteiger charge is -2.32. The van der Waals surface area contributed by atoms with Crippen LogP contribution in [0.2, 0.25) is 0 Å². The Bertz CT molecular complexity index is 255. The number of carbonyl (C=O) groups is 1. The Morgan fingerprint density at radius 2 is 2.18 bits per heavy atom. The summed E-state index contributed by atoms with van der Waals surface area (Å²) in [4.78, 5) is 13.4. The van der Waals surface area contributed by atoms with E-state index >= 15 is 0 Å². The van der Waals surface area contributed by atoms with E-state index < -0.39 is 0 Å². The Balaban J connectivity index is 2.20. The van der Waals surface area contributed by atoms with Gasteiger partial charge in [-0.2, -0.15) is 0 Å². The third kappa shape index (κ3) is 5.33. The summed E-state index contributed by atoms with van der Waals surface area (Å²) in [5.74, 6) is 0.159. The van der Waals surface area contributed by atoms with Crippen LogP contribution in [0.15, 0.2) is 12.2 Å². The van der Waals surface area contributed by atoms with Crippen LogP contribution in [0.5, 0.6) is 0 Å². The van der Waals surface area contributed by atoms with Crippen molar-refractivity contribution in [1.29, 1.82) is 0 Å². The van der Waals surface area contributed by atoms with Crippen LogP contribution in [0, 0.1) is 5.92 Å². The van der Waals surface area contributed by atoms with Crippen LogP contribution in [0.25, 0.3) is 0 Å². The molecule has 1 aliphatic heterocycles. The maximum atomic E-state index is 11.1. The summed E-state index contributed by atoms with van der Waals surface area (Å²) in [6.07, 6.45) is 5.20. The van der Waals surface area contributed by atoms with Crippen LogP contribution in [0.3, 0.4) is 0 Å². The molecule has 1 N–H and O–H groups in total. The number of esters is 1. The number of hydrogen-bond donors (Lipinski definition) is 1.